The van der Waals surface area contributed by atoms with Gasteiger partial charge in [0, 0.05) is 18.7 Å². The third-order valence-corrected chi connectivity index (χ3v) is 3.82. The van der Waals surface area contributed by atoms with Gasteiger partial charge in [-0.1, -0.05) is 19.8 Å². The fourth-order valence-electron chi connectivity index (χ4n) is 2.65. The van der Waals surface area contributed by atoms with Crippen molar-refractivity contribution in [2.24, 2.45) is 5.41 Å². The molecule has 2 nitrogen and oxygen atoms in total. The highest BCUT2D eigenvalue weighted by Crippen LogP contribution is 2.40. The third-order valence-electron chi connectivity index (χ3n) is 3.82. The zero-order chi connectivity index (χ0) is 10.6. The van der Waals surface area contributed by atoms with Crippen molar-refractivity contribution in [3.63, 3.8) is 0 Å². The monoisotopic (exact) mass is 207 g/mol. The quantitative estimate of drug-likeness (QED) is 0.801. The van der Waals surface area contributed by atoms with Gasteiger partial charge in [0.15, 0.2) is 0 Å². The number of nitrogens with one attached hydrogen (secondary N) is 1. The van der Waals surface area contributed by atoms with Crippen LogP contribution in [-0.4, -0.2) is 6.54 Å². The van der Waals surface area contributed by atoms with Crippen LogP contribution in [0.15, 0.2) is 23.0 Å². The summed E-state index contributed by atoms with van der Waals surface area (Å²) in [5.41, 5.74) is 1.84. The van der Waals surface area contributed by atoms with Gasteiger partial charge >= 0.3 is 0 Å². The molecule has 1 fully saturated rings. The summed E-state index contributed by atoms with van der Waals surface area (Å²) in [5, 5.41) is 3.56. The summed E-state index contributed by atoms with van der Waals surface area (Å²) >= 11 is 0. The number of rotatable bonds is 5. The van der Waals surface area contributed by atoms with Gasteiger partial charge in [-0.05, 0) is 30.7 Å². The predicted octanol–water partition coefficient (Wildman–Crippen LogP) is 3.34. The molecule has 0 atom stereocenters. The lowest BCUT2D eigenvalue weighted by Gasteiger charge is -2.27. The van der Waals surface area contributed by atoms with E-state index in [1.165, 1.54) is 37.7 Å². The van der Waals surface area contributed by atoms with Crippen LogP contribution < -0.4 is 5.32 Å². The second-order valence-electron chi connectivity index (χ2n) is 4.80. The molecule has 1 aliphatic rings. The van der Waals surface area contributed by atoms with Gasteiger partial charge in [-0.15, -0.1) is 0 Å². The van der Waals surface area contributed by atoms with E-state index >= 15 is 0 Å². The largest absolute Gasteiger partial charge is 0.472 e. The maximum Gasteiger partial charge on any atom is 0.0947 e. The maximum absolute atomic E-state index is 5.05. The molecular weight excluding hydrogens is 186 g/mol. The number of hydrogen-bond acceptors (Lipinski definition) is 2. The van der Waals surface area contributed by atoms with Crippen LogP contribution in [-0.2, 0) is 6.54 Å². The molecule has 0 aromatic carbocycles. The molecule has 1 saturated carbocycles. The molecule has 2 rings (SSSR count). The third kappa shape index (κ3) is 2.63. The van der Waals surface area contributed by atoms with Crippen LogP contribution in [0.25, 0.3) is 0 Å². The Morgan fingerprint density at radius 3 is 2.80 bits per heavy atom. The first-order chi connectivity index (χ1) is 7.35. The summed E-state index contributed by atoms with van der Waals surface area (Å²) in [7, 11) is 0. The normalized spacial score (nSPS) is 19.5. The van der Waals surface area contributed by atoms with Gasteiger partial charge in [-0.2, -0.15) is 0 Å². The molecule has 1 heterocycles. The highest BCUT2D eigenvalue weighted by atomic mass is 16.3. The molecule has 0 amide bonds. The Morgan fingerprint density at radius 2 is 2.20 bits per heavy atom. The van der Waals surface area contributed by atoms with E-state index in [9.17, 15) is 0 Å². The Morgan fingerprint density at radius 1 is 1.40 bits per heavy atom. The van der Waals surface area contributed by atoms with E-state index in [1.807, 2.05) is 12.3 Å². The molecule has 0 aliphatic heterocycles. The lowest BCUT2D eigenvalue weighted by atomic mass is 9.83. The van der Waals surface area contributed by atoms with Gasteiger partial charge < -0.3 is 9.73 Å². The molecule has 0 unspecified atom stereocenters. The molecule has 1 aromatic heterocycles. The van der Waals surface area contributed by atoms with Crippen LogP contribution in [0.1, 0.15) is 44.6 Å². The Hall–Kier alpha value is -0.760. The van der Waals surface area contributed by atoms with Crippen molar-refractivity contribution in [2.75, 3.05) is 6.54 Å². The van der Waals surface area contributed by atoms with Crippen molar-refractivity contribution in [3.05, 3.63) is 24.2 Å². The molecular formula is C13H21NO. The van der Waals surface area contributed by atoms with Gasteiger partial charge in [-0.25, -0.2) is 0 Å². The van der Waals surface area contributed by atoms with Gasteiger partial charge in [0.05, 0.1) is 12.5 Å². The second kappa shape index (κ2) is 4.84. The van der Waals surface area contributed by atoms with E-state index in [2.05, 4.69) is 12.2 Å². The standard InChI is InChI=1S/C13H21NO/c1-2-13(6-3-4-7-13)11-14-9-12-5-8-15-10-12/h5,8,10,14H,2-4,6-7,9,11H2,1H3. The van der Waals surface area contributed by atoms with Crippen molar-refractivity contribution in [2.45, 2.75) is 45.6 Å². The van der Waals surface area contributed by atoms with Crippen LogP contribution in [0, 0.1) is 5.41 Å². The topological polar surface area (TPSA) is 25.2 Å². The lowest BCUT2D eigenvalue weighted by Crippen LogP contribution is -2.31. The molecule has 1 aromatic rings. The molecule has 1 N–H and O–H groups in total. The fraction of sp³-hybridized carbons (Fsp3) is 0.692. The van der Waals surface area contributed by atoms with Gasteiger partial charge in [0.2, 0.25) is 0 Å². The van der Waals surface area contributed by atoms with E-state index in [0.29, 0.717) is 5.41 Å². The van der Waals surface area contributed by atoms with Crippen LogP contribution in [0.2, 0.25) is 0 Å². The summed E-state index contributed by atoms with van der Waals surface area (Å²) in [6.07, 6.45) is 10.5. The molecule has 1 aliphatic carbocycles. The first-order valence-electron chi connectivity index (χ1n) is 6.06. The van der Waals surface area contributed by atoms with Crippen LogP contribution in [0.3, 0.4) is 0 Å². The Labute approximate surface area is 92.1 Å². The van der Waals surface area contributed by atoms with Crippen LogP contribution in [0.4, 0.5) is 0 Å². The summed E-state index contributed by atoms with van der Waals surface area (Å²) in [4.78, 5) is 0. The maximum atomic E-state index is 5.05. The van der Waals surface area contributed by atoms with Gasteiger partial charge in [0.25, 0.3) is 0 Å². The van der Waals surface area contributed by atoms with Crippen molar-refractivity contribution < 1.29 is 4.42 Å². The van der Waals surface area contributed by atoms with Crippen molar-refractivity contribution in [1.82, 2.24) is 5.32 Å². The first-order valence-corrected chi connectivity index (χ1v) is 6.06. The lowest BCUT2D eigenvalue weighted by molar-refractivity contribution is 0.268. The summed E-state index contributed by atoms with van der Waals surface area (Å²) < 4.78 is 5.05. The minimum absolute atomic E-state index is 0.587. The summed E-state index contributed by atoms with van der Waals surface area (Å²) in [6.45, 7) is 4.43. The fourth-order valence-corrected chi connectivity index (χ4v) is 2.65. The number of furan rings is 1. The number of hydrogen-bond donors (Lipinski definition) is 1. The Kier molecular flexibility index (Phi) is 3.47. The minimum Gasteiger partial charge on any atom is -0.472 e. The van der Waals surface area contributed by atoms with E-state index in [-0.39, 0.29) is 0 Å². The molecule has 2 heteroatoms. The minimum atomic E-state index is 0.587. The molecule has 84 valence electrons. The van der Waals surface area contributed by atoms with Crippen LogP contribution >= 0.6 is 0 Å². The summed E-state index contributed by atoms with van der Waals surface area (Å²) in [6, 6.07) is 2.03. The van der Waals surface area contributed by atoms with Crippen molar-refractivity contribution in [3.8, 4) is 0 Å². The van der Waals surface area contributed by atoms with E-state index in [4.69, 9.17) is 4.42 Å². The van der Waals surface area contributed by atoms with Gasteiger partial charge in [-0.3, -0.25) is 0 Å². The average Bonchev–Trinajstić information content (AvgIpc) is 2.89. The van der Waals surface area contributed by atoms with E-state index in [0.717, 1.165) is 13.1 Å². The highest BCUT2D eigenvalue weighted by molar-refractivity contribution is 5.04. The Balaban J connectivity index is 1.77. The SMILES string of the molecule is CCC1(CNCc2ccoc2)CCCC1. The zero-order valence-electron chi connectivity index (χ0n) is 9.59. The molecule has 0 saturated heterocycles. The van der Waals surface area contributed by atoms with Gasteiger partial charge in [0.1, 0.15) is 0 Å². The zero-order valence-corrected chi connectivity index (χ0v) is 9.59. The average molecular weight is 207 g/mol. The second-order valence-corrected chi connectivity index (χ2v) is 4.80. The van der Waals surface area contributed by atoms with Crippen LogP contribution in [0.5, 0.6) is 0 Å². The molecule has 15 heavy (non-hydrogen) atoms. The van der Waals surface area contributed by atoms with E-state index in [1.54, 1.807) is 6.26 Å². The van der Waals surface area contributed by atoms with Crippen molar-refractivity contribution in [1.29, 1.82) is 0 Å². The van der Waals surface area contributed by atoms with E-state index < -0.39 is 0 Å². The van der Waals surface area contributed by atoms with Crippen molar-refractivity contribution >= 4 is 0 Å². The predicted molar refractivity (Wildman–Crippen MR) is 61.6 cm³/mol. The molecule has 0 radical (unpaired) electrons. The molecule has 0 bridgehead atoms. The summed E-state index contributed by atoms with van der Waals surface area (Å²) in [5.74, 6) is 0. The Bertz CT molecular complexity index is 273. The highest BCUT2D eigenvalue weighted by Gasteiger charge is 2.31. The first kappa shape index (κ1) is 10.7. The smallest absolute Gasteiger partial charge is 0.0947 e. The molecule has 0 spiro atoms.